The highest BCUT2D eigenvalue weighted by Gasteiger charge is 3.07. The highest BCUT2D eigenvalue weighted by molar-refractivity contribution is 6.30. The fourth-order valence-electron chi connectivity index (χ4n) is 10.2. The van der Waals surface area contributed by atoms with Gasteiger partial charge in [-0.2, -0.15) is 0 Å². The van der Waals surface area contributed by atoms with E-state index < -0.39 is 0 Å². The van der Waals surface area contributed by atoms with Gasteiger partial charge in [0.2, 0.25) is 0 Å². The Morgan fingerprint density at radius 3 is 2.00 bits per heavy atom. The Kier molecular flexibility index (Phi) is 2.26. The van der Waals surface area contributed by atoms with Crippen LogP contribution in [0.1, 0.15) is 37.8 Å². The molecule has 2 aromatic carbocycles. The third kappa shape index (κ3) is 1.01. The van der Waals surface area contributed by atoms with Gasteiger partial charge in [-0.1, -0.05) is 61.3 Å². The second kappa shape index (κ2) is 3.91. The minimum atomic E-state index is 0.385. The molecule has 0 amide bonds. The van der Waals surface area contributed by atoms with Gasteiger partial charge in [-0.05, 0) is 82.7 Å². The molecule has 8 atom stereocenters. The maximum atomic E-state index is 6.21. The first kappa shape index (κ1) is 15.0. The molecule has 0 radical (unpaired) electrons. The lowest BCUT2D eigenvalue weighted by molar-refractivity contribution is -0.581. The van der Waals surface area contributed by atoms with E-state index in [0.29, 0.717) is 21.7 Å². The van der Waals surface area contributed by atoms with Crippen molar-refractivity contribution in [3.63, 3.8) is 0 Å². The van der Waals surface area contributed by atoms with Crippen LogP contribution in [-0.2, 0) is 10.8 Å². The SMILES string of the molecule is CC12C3CCC4(c5ccc(Cl)cc5)C5C3C1(C)C5(c1ccc(Cl)cc1)C42. The third-order valence-corrected chi connectivity index (χ3v) is 10.9. The number of rotatable bonds is 2. The summed E-state index contributed by atoms with van der Waals surface area (Å²) in [7, 11) is 0. The molecule has 6 fully saturated rings. The predicted molar refractivity (Wildman–Crippen MR) is 106 cm³/mol. The molecule has 2 bridgehead atoms. The van der Waals surface area contributed by atoms with Crippen LogP contribution in [0.25, 0.3) is 0 Å². The van der Waals surface area contributed by atoms with Crippen molar-refractivity contribution in [3.05, 3.63) is 69.7 Å². The van der Waals surface area contributed by atoms with E-state index in [9.17, 15) is 0 Å². The molecule has 0 aliphatic heterocycles. The van der Waals surface area contributed by atoms with Crippen molar-refractivity contribution in [2.75, 3.05) is 0 Å². The first-order valence-corrected chi connectivity index (χ1v) is 10.7. The molecule has 26 heavy (non-hydrogen) atoms. The Morgan fingerprint density at radius 1 is 0.846 bits per heavy atom. The molecule has 2 aromatic rings. The molecule has 0 saturated heterocycles. The van der Waals surface area contributed by atoms with Crippen LogP contribution in [0.3, 0.4) is 0 Å². The van der Waals surface area contributed by atoms with Gasteiger partial charge in [0.25, 0.3) is 0 Å². The molecular weight excluding hydrogens is 359 g/mol. The van der Waals surface area contributed by atoms with E-state index in [4.69, 9.17) is 23.2 Å². The summed E-state index contributed by atoms with van der Waals surface area (Å²) < 4.78 is 0. The predicted octanol–water partition coefficient (Wildman–Crippen LogP) is 6.49. The second-order valence-corrected chi connectivity index (χ2v) is 10.9. The van der Waals surface area contributed by atoms with Crippen LogP contribution in [0.5, 0.6) is 0 Å². The monoisotopic (exact) mass is 380 g/mol. The smallest absolute Gasteiger partial charge is 0.0406 e. The molecular formula is C24H22Cl2. The minimum Gasteiger partial charge on any atom is -0.0843 e. The van der Waals surface area contributed by atoms with Gasteiger partial charge in [0.1, 0.15) is 0 Å². The summed E-state index contributed by atoms with van der Waals surface area (Å²) in [6.45, 7) is 5.22. The normalized spacial score (nSPS) is 53.7. The highest BCUT2D eigenvalue weighted by Crippen LogP contribution is 3.08. The van der Waals surface area contributed by atoms with Gasteiger partial charge in [0.05, 0.1) is 0 Å². The summed E-state index contributed by atoms with van der Waals surface area (Å²) in [5.41, 5.74) is 4.91. The molecule has 0 nitrogen and oxygen atoms in total. The second-order valence-electron chi connectivity index (χ2n) is 9.99. The largest absolute Gasteiger partial charge is 0.0843 e. The third-order valence-electron chi connectivity index (χ3n) is 10.4. The Morgan fingerprint density at radius 2 is 1.42 bits per heavy atom. The summed E-state index contributed by atoms with van der Waals surface area (Å²) in [6.07, 6.45) is 2.79. The van der Waals surface area contributed by atoms with Crippen LogP contribution < -0.4 is 0 Å². The lowest BCUT2D eigenvalue weighted by atomic mass is 8.93. The number of hydrogen-bond acceptors (Lipinski definition) is 0. The zero-order chi connectivity index (χ0) is 17.7. The number of hydrogen-bond donors (Lipinski definition) is 0. The van der Waals surface area contributed by atoms with Crippen LogP contribution >= 0.6 is 23.2 Å². The van der Waals surface area contributed by atoms with Gasteiger partial charge >= 0.3 is 0 Å². The summed E-state index contributed by atoms with van der Waals surface area (Å²) >= 11 is 12.4. The average molecular weight is 381 g/mol. The Labute approximate surface area is 164 Å². The maximum absolute atomic E-state index is 6.21. The van der Waals surface area contributed by atoms with Gasteiger partial charge in [0, 0.05) is 20.9 Å². The molecule has 0 aromatic heterocycles. The number of fused-ring (bicyclic) bond motifs is 1. The van der Waals surface area contributed by atoms with Crippen LogP contribution in [0.2, 0.25) is 10.0 Å². The van der Waals surface area contributed by atoms with Crippen molar-refractivity contribution in [3.8, 4) is 0 Å². The van der Waals surface area contributed by atoms with Gasteiger partial charge in [-0.25, -0.2) is 0 Å². The number of benzene rings is 2. The average Bonchev–Trinajstić information content (AvgIpc) is 2.63. The van der Waals surface area contributed by atoms with Crippen LogP contribution in [-0.4, -0.2) is 0 Å². The van der Waals surface area contributed by atoms with E-state index in [1.807, 2.05) is 0 Å². The van der Waals surface area contributed by atoms with Crippen molar-refractivity contribution in [1.82, 2.24) is 0 Å². The lowest BCUT2D eigenvalue weighted by Gasteiger charge is -3.09. The van der Waals surface area contributed by atoms with Crippen LogP contribution in [0, 0.1) is 34.5 Å². The quantitative estimate of drug-likeness (QED) is 0.557. The molecule has 2 heteroatoms. The fraction of sp³-hybridized carbons (Fsp3) is 0.500. The molecule has 0 heterocycles. The molecule has 0 spiro atoms. The van der Waals surface area contributed by atoms with Gasteiger partial charge < -0.3 is 0 Å². The van der Waals surface area contributed by atoms with Crippen molar-refractivity contribution < 1.29 is 0 Å². The minimum absolute atomic E-state index is 0.385. The molecule has 6 saturated carbocycles. The van der Waals surface area contributed by atoms with E-state index in [1.165, 1.54) is 12.8 Å². The van der Waals surface area contributed by atoms with Crippen molar-refractivity contribution in [1.29, 1.82) is 0 Å². The first-order valence-electron chi connectivity index (χ1n) is 9.97. The molecule has 8 unspecified atom stereocenters. The van der Waals surface area contributed by atoms with Crippen molar-refractivity contribution >= 4 is 23.2 Å². The molecule has 8 rings (SSSR count). The fourth-order valence-corrected chi connectivity index (χ4v) is 10.4. The standard InChI is InChI=1S/C24H22Cl2/c1-21-17-11-12-23(13-3-7-15(25)8-4-13)19-18(17)22(21,2)24(19,20(21)23)14-5-9-16(26)10-6-14/h3-10,17-20H,11-12H2,1-2H3. The van der Waals surface area contributed by atoms with Crippen molar-refractivity contribution in [2.24, 2.45) is 34.5 Å². The van der Waals surface area contributed by atoms with E-state index in [0.717, 1.165) is 33.7 Å². The van der Waals surface area contributed by atoms with E-state index in [2.05, 4.69) is 62.4 Å². The van der Waals surface area contributed by atoms with Crippen LogP contribution in [0.15, 0.2) is 48.5 Å². The molecule has 132 valence electrons. The van der Waals surface area contributed by atoms with E-state index in [1.54, 1.807) is 11.1 Å². The summed E-state index contributed by atoms with van der Waals surface area (Å²) in [6, 6.07) is 17.7. The number of halogens is 2. The van der Waals surface area contributed by atoms with Crippen LogP contribution in [0.4, 0.5) is 0 Å². The zero-order valence-electron chi connectivity index (χ0n) is 15.1. The van der Waals surface area contributed by atoms with E-state index >= 15 is 0 Å². The Balaban J connectivity index is 1.45. The molecule has 0 N–H and O–H groups in total. The maximum Gasteiger partial charge on any atom is 0.0406 e. The van der Waals surface area contributed by atoms with Gasteiger partial charge in [0.15, 0.2) is 0 Å². The first-order chi connectivity index (χ1) is 12.4. The zero-order valence-corrected chi connectivity index (χ0v) is 16.6. The van der Waals surface area contributed by atoms with Crippen molar-refractivity contribution in [2.45, 2.75) is 37.5 Å². The Hall–Kier alpha value is -0.980. The lowest BCUT2D eigenvalue weighted by Crippen LogP contribution is -3.09. The van der Waals surface area contributed by atoms with Gasteiger partial charge in [-0.15, -0.1) is 0 Å². The Bertz CT molecular complexity index is 925. The molecule has 6 aliphatic rings. The van der Waals surface area contributed by atoms with E-state index in [-0.39, 0.29) is 0 Å². The highest BCUT2D eigenvalue weighted by atomic mass is 35.5. The van der Waals surface area contributed by atoms with Gasteiger partial charge in [-0.3, -0.25) is 0 Å². The topological polar surface area (TPSA) is 0 Å². The molecule has 6 aliphatic carbocycles. The summed E-state index contributed by atoms with van der Waals surface area (Å²) in [5.74, 6) is 3.47. The summed E-state index contributed by atoms with van der Waals surface area (Å²) in [4.78, 5) is 0. The summed E-state index contributed by atoms with van der Waals surface area (Å²) in [5, 5.41) is 1.70.